The number of ether oxygens (including phenoxy) is 2. The van der Waals surface area contributed by atoms with Gasteiger partial charge in [-0.1, -0.05) is 15.9 Å². The molecule has 3 nitrogen and oxygen atoms in total. The highest BCUT2D eigenvalue weighted by Gasteiger charge is 2.44. The van der Waals surface area contributed by atoms with Gasteiger partial charge >= 0.3 is 0 Å². The average molecular weight is 341 g/mol. The van der Waals surface area contributed by atoms with E-state index in [2.05, 4.69) is 15.9 Å². The maximum atomic E-state index is 10.8. The molecule has 0 bridgehead atoms. The van der Waals surface area contributed by atoms with Crippen molar-refractivity contribution in [2.75, 3.05) is 13.7 Å². The van der Waals surface area contributed by atoms with Crippen LogP contribution in [0.3, 0.4) is 0 Å². The predicted octanol–water partition coefficient (Wildman–Crippen LogP) is 3.84. The topological polar surface area (TPSA) is 38.7 Å². The van der Waals surface area contributed by atoms with Gasteiger partial charge in [-0.15, -0.1) is 0 Å². The van der Waals surface area contributed by atoms with E-state index in [-0.39, 0.29) is 11.5 Å². The highest BCUT2D eigenvalue weighted by atomic mass is 79.9. The summed E-state index contributed by atoms with van der Waals surface area (Å²) in [5.74, 6) is 1.02. The molecule has 20 heavy (non-hydrogen) atoms. The minimum absolute atomic E-state index is 0.0587. The van der Waals surface area contributed by atoms with E-state index < -0.39 is 6.10 Å². The lowest BCUT2D eigenvalue weighted by Crippen LogP contribution is -2.46. The Morgan fingerprint density at radius 2 is 2.25 bits per heavy atom. The van der Waals surface area contributed by atoms with Crippen LogP contribution in [0.5, 0.6) is 5.75 Å². The first-order valence-corrected chi connectivity index (χ1v) is 8.08. The number of halogens is 1. The molecule has 1 aliphatic heterocycles. The highest BCUT2D eigenvalue weighted by Crippen LogP contribution is 2.48. The molecule has 1 saturated carbocycles. The lowest BCUT2D eigenvalue weighted by Gasteiger charge is -2.48. The van der Waals surface area contributed by atoms with Crippen LogP contribution in [0.1, 0.15) is 43.8 Å². The minimum Gasteiger partial charge on any atom is -0.496 e. The summed E-state index contributed by atoms with van der Waals surface area (Å²) in [4.78, 5) is 0. The summed E-state index contributed by atoms with van der Waals surface area (Å²) in [6, 6.07) is 5.81. The quantitative estimate of drug-likeness (QED) is 0.908. The second-order valence-electron chi connectivity index (χ2n) is 5.97. The lowest BCUT2D eigenvalue weighted by molar-refractivity contribution is -0.157. The Morgan fingerprint density at radius 3 is 2.90 bits per heavy atom. The van der Waals surface area contributed by atoms with Gasteiger partial charge < -0.3 is 14.6 Å². The molecular weight excluding hydrogens is 320 g/mol. The molecule has 2 atom stereocenters. The summed E-state index contributed by atoms with van der Waals surface area (Å²) in [5.41, 5.74) is 0.937. The molecule has 1 saturated heterocycles. The van der Waals surface area contributed by atoms with E-state index >= 15 is 0 Å². The minimum atomic E-state index is -0.483. The molecule has 2 unspecified atom stereocenters. The van der Waals surface area contributed by atoms with Crippen LogP contribution >= 0.6 is 15.9 Å². The summed E-state index contributed by atoms with van der Waals surface area (Å²) >= 11 is 3.47. The van der Waals surface area contributed by atoms with Gasteiger partial charge in [-0.05, 0) is 56.2 Å². The van der Waals surface area contributed by atoms with Gasteiger partial charge in [-0.2, -0.15) is 0 Å². The number of methoxy groups -OCH3 is 1. The Morgan fingerprint density at radius 1 is 1.45 bits per heavy atom. The van der Waals surface area contributed by atoms with Crippen molar-refractivity contribution in [2.45, 2.75) is 43.8 Å². The van der Waals surface area contributed by atoms with Crippen LogP contribution in [0.2, 0.25) is 0 Å². The Kier molecular flexibility index (Phi) is 4.07. The maximum Gasteiger partial charge on any atom is 0.124 e. The molecule has 1 aliphatic carbocycles. The van der Waals surface area contributed by atoms with Crippen molar-refractivity contribution in [1.82, 2.24) is 0 Å². The Labute approximate surface area is 128 Å². The summed E-state index contributed by atoms with van der Waals surface area (Å²) in [6.45, 7) is 0.762. The number of hydrogen-bond acceptors (Lipinski definition) is 3. The first kappa shape index (κ1) is 14.4. The number of aliphatic hydroxyl groups is 1. The molecule has 110 valence electrons. The van der Waals surface area contributed by atoms with Crippen molar-refractivity contribution >= 4 is 15.9 Å². The average Bonchev–Trinajstić information content (AvgIpc) is 2.45. The Hall–Kier alpha value is -0.580. The van der Waals surface area contributed by atoms with Gasteiger partial charge in [0.15, 0.2) is 0 Å². The normalized spacial score (nSPS) is 26.1. The molecule has 0 aromatic heterocycles. The van der Waals surface area contributed by atoms with E-state index in [1.807, 2.05) is 18.2 Å². The maximum absolute atomic E-state index is 10.8. The SMILES string of the molecule is COc1ccc(Br)cc1C(O)C1CCOC2(CCC2)C1. The van der Waals surface area contributed by atoms with Crippen molar-refractivity contribution in [3.63, 3.8) is 0 Å². The molecule has 4 heteroatoms. The second kappa shape index (κ2) is 5.66. The van der Waals surface area contributed by atoms with Crippen LogP contribution in [0.25, 0.3) is 0 Å². The summed E-state index contributed by atoms with van der Waals surface area (Å²) < 4.78 is 12.3. The third-order valence-corrected chi connectivity index (χ3v) is 5.25. The number of aliphatic hydroxyl groups excluding tert-OH is 1. The van der Waals surface area contributed by atoms with Gasteiger partial charge in [0.1, 0.15) is 5.75 Å². The van der Waals surface area contributed by atoms with Crippen molar-refractivity contribution in [2.24, 2.45) is 5.92 Å². The molecule has 1 heterocycles. The number of hydrogen-bond donors (Lipinski definition) is 1. The third kappa shape index (κ3) is 2.61. The standard InChI is InChI=1S/C16H21BrO3/c1-19-14-4-3-12(17)9-13(14)15(18)11-5-8-20-16(10-11)6-2-7-16/h3-4,9,11,15,18H,2,5-8,10H2,1H3. The first-order chi connectivity index (χ1) is 9.63. The van der Waals surface area contributed by atoms with E-state index in [1.54, 1.807) is 7.11 Å². The lowest BCUT2D eigenvalue weighted by atomic mass is 9.70. The summed E-state index contributed by atoms with van der Waals surface area (Å²) in [5, 5.41) is 10.8. The fourth-order valence-corrected chi connectivity index (χ4v) is 3.82. The van der Waals surface area contributed by atoms with Gasteiger partial charge in [-0.3, -0.25) is 0 Å². The molecule has 2 aliphatic rings. The van der Waals surface area contributed by atoms with Crippen LogP contribution in [-0.4, -0.2) is 24.4 Å². The fourth-order valence-electron chi connectivity index (χ4n) is 3.44. The van der Waals surface area contributed by atoms with Crippen LogP contribution < -0.4 is 4.74 Å². The summed E-state index contributed by atoms with van der Waals surface area (Å²) in [7, 11) is 1.65. The van der Waals surface area contributed by atoms with Crippen LogP contribution in [0.4, 0.5) is 0 Å². The van der Waals surface area contributed by atoms with Crippen molar-refractivity contribution in [3.05, 3.63) is 28.2 Å². The number of rotatable bonds is 3. The highest BCUT2D eigenvalue weighted by molar-refractivity contribution is 9.10. The molecule has 1 N–H and O–H groups in total. The molecule has 1 aromatic rings. The fraction of sp³-hybridized carbons (Fsp3) is 0.625. The van der Waals surface area contributed by atoms with E-state index in [1.165, 1.54) is 6.42 Å². The Bertz CT molecular complexity index is 485. The monoisotopic (exact) mass is 340 g/mol. The zero-order chi connectivity index (χ0) is 14.2. The molecular formula is C16H21BrO3. The summed E-state index contributed by atoms with van der Waals surface area (Å²) in [6.07, 6.45) is 4.94. The molecule has 1 spiro atoms. The Balaban J connectivity index is 1.81. The molecule has 0 amide bonds. The van der Waals surface area contributed by atoms with Crippen molar-refractivity contribution in [3.8, 4) is 5.75 Å². The van der Waals surface area contributed by atoms with E-state index in [0.717, 1.165) is 48.1 Å². The number of benzene rings is 1. The van der Waals surface area contributed by atoms with Crippen molar-refractivity contribution in [1.29, 1.82) is 0 Å². The van der Waals surface area contributed by atoms with Gasteiger partial charge in [0.25, 0.3) is 0 Å². The van der Waals surface area contributed by atoms with Gasteiger partial charge in [-0.25, -0.2) is 0 Å². The van der Waals surface area contributed by atoms with Crippen LogP contribution in [0, 0.1) is 5.92 Å². The van der Waals surface area contributed by atoms with Gasteiger partial charge in [0.2, 0.25) is 0 Å². The van der Waals surface area contributed by atoms with Crippen molar-refractivity contribution < 1.29 is 14.6 Å². The van der Waals surface area contributed by atoms with E-state index in [0.29, 0.717) is 0 Å². The zero-order valence-corrected chi connectivity index (χ0v) is 13.4. The van der Waals surface area contributed by atoms with Crippen LogP contribution in [0.15, 0.2) is 22.7 Å². The van der Waals surface area contributed by atoms with E-state index in [4.69, 9.17) is 9.47 Å². The third-order valence-electron chi connectivity index (χ3n) is 4.75. The molecule has 2 fully saturated rings. The zero-order valence-electron chi connectivity index (χ0n) is 11.8. The predicted molar refractivity (Wildman–Crippen MR) is 80.9 cm³/mol. The smallest absolute Gasteiger partial charge is 0.124 e. The second-order valence-corrected chi connectivity index (χ2v) is 6.88. The molecule has 3 rings (SSSR count). The van der Waals surface area contributed by atoms with E-state index in [9.17, 15) is 5.11 Å². The van der Waals surface area contributed by atoms with Crippen LogP contribution in [-0.2, 0) is 4.74 Å². The van der Waals surface area contributed by atoms with Gasteiger partial charge in [0.05, 0.1) is 18.8 Å². The largest absolute Gasteiger partial charge is 0.496 e. The first-order valence-electron chi connectivity index (χ1n) is 7.29. The molecule has 1 aromatic carbocycles. The molecule has 0 radical (unpaired) electrons. The van der Waals surface area contributed by atoms with Gasteiger partial charge in [0, 0.05) is 16.6 Å².